The fraction of sp³-hybridized carbons (Fsp3) is 0.269. The van der Waals surface area contributed by atoms with E-state index in [9.17, 15) is 8.42 Å². The third-order valence-corrected chi connectivity index (χ3v) is 8.14. The number of anilines is 1. The number of hydrogen-bond donors (Lipinski definition) is 0. The Labute approximate surface area is 200 Å². The summed E-state index contributed by atoms with van der Waals surface area (Å²) in [5, 5.41) is 0.954. The maximum absolute atomic E-state index is 13.2. The van der Waals surface area contributed by atoms with E-state index in [0.29, 0.717) is 42.8 Å². The second-order valence-electron chi connectivity index (χ2n) is 8.74. The Balaban J connectivity index is 1.41. The van der Waals surface area contributed by atoms with Gasteiger partial charge >= 0.3 is 0 Å². The highest BCUT2D eigenvalue weighted by molar-refractivity contribution is 7.89. The topological polar surface area (TPSA) is 79.3 Å². The summed E-state index contributed by atoms with van der Waals surface area (Å²) in [6.45, 7) is 6.09. The van der Waals surface area contributed by atoms with Crippen LogP contribution in [0.1, 0.15) is 25.3 Å². The lowest BCUT2D eigenvalue weighted by molar-refractivity contribution is 0.384. The van der Waals surface area contributed by atoms with E-state index in [1.54, 1.807) is 28.8 Å². The predicted octanol–water partition coefficient (Wildman–Crippen LogP) is 4.33. The third kappa shape index (κ3) is 4.26. The molecule has 4 aromatic rings. The van der Waals surface area contributed by atoms with Crippen molar-refractivity contribution in [3.63, 3.8) is 0 Å². The molecule has 0 atom stereocenters. The molecule has 3 heterocycles. The highest BCUT2D eigenvalue weighted by Gasteiger charge is 2.30. The second-order valence-corrected chi connectivity index (χ2v) is 10.7. The molecular formula is C26H27N5O2S. The maximum atomic E-state index is 13.2. The number of rotatable bonds is 5. The lowest BCUT2D eigenvalue weighted by Crippen LogP contribution is -2.49. The van der Waals surface area contributed by atoms with E-state index in [2.05, 4.69) is 23.7 Å². The third-order valence-electron chi connectivity index (χ3n) is 6.23. The summed E-state index contributed by atoms with van der Waals surface area (Å²) in [6.07, 6.45) is 3.48. The maximum Gasteiger partial charge on any atom is 0.243 e. The van der Waals surface area contributed by atoms with Crippen LogP contribution in [0.25, 0.3) is 22.3 Å². The van der Waals surface area contributed by atoms with E-state index in [-0.39, 0.29) is 0 Å². The number of nitrogens with zero attached hydrogens (tertiary/aromatic N) is 5. The number of piperazine rings is 1. The van der Waals surface area contributed by atoms with Gasteiger partial charge in [-0.3, -0.25) is 4.98 Å². The molecule has 5 rings (SSSR count). The van der Waals surface area contributed by atoms with Gasteiger partial charge in [0.25, 0.3) is 0 Å². The molecule has 0 radical (unpaired) electrons. The normalized spacial score (nSPS) is 15.2. The molecule has 2 aromatic heterocycles. The average Bonchev–Trinajstić information content (AvgIpc) is 2.88. The standard InChI is InChI=1S/C26H27N5O2S/c1-19(2)20-9-11-22(12-10-20)34(32,33)31-16-14-30(15-17-31)26-23-7-3-4-8-24(23)28-25(29-26)21-6-5-13-27-18-21/h3-13,18-19H,14-17H2,1-2H3. The van der Waals surface area contributed by atoms with E-state index in [1.165, 1.54) is 0 Å². The monoisotopic (exact) mass is 473 g/mol. The summed E-state index contributed by atoms with van der Waals surface area (Å²) in [7, 11) is -3.54. The van der Waals surface area contributed by atoms with Gasteiger partial charge in [-0.05, 0) is 47.9 Å². The summed E-state index contributed by atoms with van der Waals surface area (Å²) < 4.78 is 28.0. The molecule has 0 bridgehead atoms. The van der Waals surface area contributed by atoms with Crippen molar-refractivity contribution in [3.8, 4) is 11.4 Å². The summed E-state index contributed by atoms with van der Waals surface area (Å²) in [4.78, 5) is 16.3. The van der Waals surface area contributed by atoms with E-state index in [1.807, 2.05) is 48.5 Å². The molecule has 2 aromatic carbocycles. The second kappa shape index (κ2) is 9.12. The minimum atomic E-state index is -3.54. The van der Waals surface area contributed by atoms with Crippen LogP contribution in [0.3, 0.4) is 0 Å². The molecular weight excluding hydrogens is 446 g/mol. The average molecular weight is 474 g/mol. The van der Waals surface area contributed by atoms with Crippen LogP contribution in [0.2, 0.25) is 0 Å². The van der Waals surface area contributed by atoms with E-state index in [0.717, 1.165) is 27.8 Å². The fourth-order valence-corrected chi connectivity index (χ4v) is 5.66. The molecule has 1 fully saturated rings. The van der Waals surface area contributed by atoms with Gasteiger partial charge in [-0.15, -0.1) is 0 Å². The molecule has 8 heteroatoms. The van der Waals surface area contributed by atoms with Gasteiger partial charge in [-0.25, -0.2) is 18.4 Å². The highest BCUT2D eigenvalue weighted by atomic mass is 32.2. The van der Waals surface area contributed by atoms with Gasteiger partial charge in [0.2, 0.25) is 10.0 Å². The molecule has 1 aliphatic heterocycles. The van der Waals surface area contributed by atoms with Crippen LogP contribution in [0.4, 0.5) is 5.82 Å². The van der Waals surface area contributed by atoms with Gasteiger partial charge in [0.15, 0.2) is 5.82 Å². The molecule has 0 spiro atoms. The molecule has 0 N–H and O–H groups in total. The summed E-state index contributed by atoms with van der Waals surface area (Å²) in [5.74, 6) is 1.80. The smallest absolute Gasteiger partial charge is 0.243 e. The van der Waals surface area contributed by atoms with Crippen molar-refractivity contribution < 1.29 is 8.42 Å². The summed E-state index contributed by atoms with van der Waals surface area (Å²) in [5.41, 5.74) is 2.83. The van der Waals surface area contributed by atoms with Crippen LogP contribution in [-0.4, -0.2) is 53.9 Å². The predicted molar refractivity (Wildman–Crippen MR) is 134 cm³/mol. The van der Waals surface area contributed by atoms with Crippen molar-refractivity contribution in [1.82, 2.24) is 19.3 Å². The molecule has 0 aliphatic carbocycles. The van der Waals surface area contributed by atoms with Gasteiger partial charge in [-0.2, -0.15) is 4.31 Å². The van der Waals surface area contributed by atoms with Crippen molar-refractivity contribution in [1.29, 1.82) is 0 Å². The zero-order valence-electron chi connectivity index (χ0n) is 19.3. The van der Waals surface area contributed by atoms with Gasteiger partial charge < -0.3 is 4.90 Å². The number of benzene rings is 2. The van der Waals surface area contributed by atoms with Crippen molar-refractivity contribution in [2.75, 3.05) is 31.1 Å². The van der Waals surface area contributed by atoms with Crippen molar-refractivity contribution in [3.05, 3.63) is 78.6 Å². The summed E-state index contributed by atoms with van der Waals surface area (Å²) >= 11 is 0. The van der Waals surface area contributed by atoms with Crippen LogP contribution in [0, 0.1) is 0 Å². The van der Waals surface area contributed by atoms with Crippen LogP contribution >= 0.6 is 0 Å². The van der Waals surface area contributed by atoms with E-state index < -0.39 is 10.0 Å². The minimum absolute atomic E-state index is 0.344. The Morgan fingerprint density at radius 3 is 2.26 bits per heavy atom. The van der Waals surface area contributed by atoms with Crippen LogP contribution < -0.4 is 4.90 Å². The fourth-order valence-electron chi connectivity index (χ4n) is 4.24. The Kier molecular flexibility index (Phi) is 6.02. The number of sulfonamides is 1. The Hall–Kier alpha value is -3.36. The lowest BCUT2D eigenvalue weighted by Gasteiger charge is -2.35. The van der Waals surface area contributed by atoms with Gasteiger partial charge in [0.1, 0.15) is 5.82 Å². The van der Waals surface area contributed by atoms with Gasteiger partial charge in [-0.1, -0.05) is 38.1 Å². The zero-order valence-corrected chi connectivity index (χ0v) is 20.1. The van der Waals surface area contributed by atoms with Crippen molar-refractivity contribution in [2.45, 2.75) is 24.7 Å². The molecule has 7 nitrogen and oxygen atoms in total. The molecule has 1 aliphatic rings. The van der Waals surface area contributed by atoms with Gasteiger partial charge in [0.05, 0.1) is 10.4 Å². The number of aromatic nitrogens is 3. The molecule has 0 amide bonds. The molecule has 34 heavy (non-hydrogen) atoms. The lowest BCUT2D eigenvalue weighted by atomic mass is 10.0. The Bertz CT molecular complexity index is 1400. The largest absolute Gasteiger partial charge is 0.353 e. The number of pyridine rings is 1. The van der Waals surface area contributed by atoms with Crippen LogP contribution in [0.15, 0.2) is 78.0 Å². The molecule has 0 unspecified atom stereocenters. The minimum Gasteiger partial charge on any atom is -0.353 e. The molecule has 1 saturated heterocycles. The first-order valence-corrected chi connectivity index (χ1v) is 12.9. The first kappa shape index (κ1) is 22.4. The Morgan fingerprint density at radius 1 is 0.853 bits per heavy atom. The van der Waals surface area contributed by atoms with Crippen molar-refractivity contribution in [2.24, 2.45) is 0 Å². The summed E-state index contributed by atoms with van der Waals surface area (Å²) in [6, 6.07) is 19.0. The number of hydrogen-bond acceptors (Lipinski definition) is 6. The SMILES string of the molecule is CC(C)c1ccc(S(=O)(=O)N2CCN(c3nc(-c4cccnc4)nc4ccccc34)CC2)cc1. The molecule has 0 saturated carbocycles. The molecule has 174 valence electrons. The van der Waals surface area contributed by atoms with Crippen LogP contribution in [0.5, 0.6) is 0 Å². The first-order valence-electron chi connectivity index (χ1n) is 11.5. The zero-order chi connectivity index (χ0) is 23.7. The highest BCUT2D eigenvalue weighted by Crippen LogP contribution is 2.29. The van der Waals surface area contributed by atoms with E-state index in [4.69, 9.17) is 9.97 Å². The first-order chi connectivity index (χ1) is 16.4. The van der Waals surface area contributed by atoms with Crippen molar-refractivity contribution >= 4 is 26.7 Å². The Morgan fingerprint density at radius 2 is 1.59 bits per heavy atom. The van der Waals surface area contributed by atoms with Gasteiger partial charge in [0, 0.05) is 49.5 Å². The van der Waals surface area contributed by atoms with E-state index >= 15 is 0 Å². The quantitative estimate of drug-likeness (QED) is 0.429. The number of para-hydroxylation sites is 1. The van der Waals surface area contributed by atoms with Crippen LogP contribution in [-0.2, 0) is 10.0 Å². The number of fused-ring (bicyclic) bond motifs is 1.